The molecule has 0 saturated heterocycles. The summed E-state index contributed by atoms with van der Waals surface area (Å²) in [6, 6.07) is 7.64. The molecular weight excluding hydrogens is 338 g/mol. The largest absolute Gasteiger partial charge is 0.468 e. The lowest BCUT2D eigenvalue weighted by molar-refractivity contribution is -0.140. The number of carbonyl (C=O) groups is 1. The van der Waals surface area contributed by atoms with Gasteiger partial charge in [-0.1, -0.05) is 43.0 Å². The highest BCUT2D eigenvalue weighted by Gasteiger charge is 2.23. The Morgan fingerprint density at radius 3 is 2.92 bits per heavy atom. The maximum absolute atomic E-state index is 12.9. The van der Waals surface area contributed by atoms with Gasteiger partial charge in [-0.25, -0.2) is 4.98 Å². The van der Waals surface area contributed by atoms with E-state index >= 15 is 0 Å². The van der Waals surface area contributed by atoms with Crippen molar-refractivity contribution in [3.8, 4) is 0 Å². The maximum atomic E-state index is 12.9. The first-order valence-electron chi connectivity index (χ1n) is 7.97. The maximum Gasteiger partial charge on any atom is 0.319 e. The number of allylic oxidation sites excluding steroid dienone is 1. The number of para-hydroxylation sites is 1. The van der Waals surface area contributed by atoms with Gasteiger partial charge in [0.25, 0.3) is 5.56 Å². The average Bonchev–Trinajstić information content (AvgIpc) is 3.01. The Morgan fingerprint density at radius 2 is 2.24 bits per heavy atom. The van der Waals surface area contributed by atoms with Crippen LogP contribution >= 0.6 is 11.8 Å². The van der Waals surface area contributed by atoms with Crippen molar-refractivity contribution < 1.29 is 9.53 Å². The van der Waals surface area contributed by atoms with Crippen LogP contribution in [0.2, 0.25) is 0 Å². The van der Waals surface area contributed by atoms with E-state index in [1.54, 1.807) is 6.08 Å². The van der Waals surface area contributed by atoms with Crippen LogP contribution in [0.4, 0.5) is 0 Å². The molecule has 0 aliphatic heterocycles. The summed E-state index contributed by atoms with van der Waals surface area (Å²) in [4.78, 5) is 32.7. The van der Waals surface area contributed by atoms with E-state index in [4.69, 9.17) is 4.74 Å². The number of nitrogens with zero attached hydrogens (tertiary/aromatic N) is 2. The van der Waals surface area contributed by atoms with Crippen molar-refractivity contribution in [2.45, 2.75) is 30.3 Å². The lowest BCUT2D eigenvalue weighted by atomic mass is 10.2. The van der Waals surface area contributed by atoms with Gasteiger partial charge < -0.3 is 9.72 Å². The molecular formula is C18H19N3O3S. The number of fused-ring (bicyclic) bond motifs is 3. The molecule has 0 fully saturated rings. The van der Waals surface area contributed by atoms with E-state index in [0.29, 0.717) is 29.2 Å². The van der Waals surface area contributed by atoms with Crippen LogP contribution in [0.1, 0.15) is 13.3 Å². The van der Waals surface area contributed by atoms with Crippen LogP contribution in [0.25, 0.3) is 21.9 Å². The number of aromatic nitrogens is 3. The Bertz CT molecular complexity index is 1010. The molecule has 7 heteroatoms. The van der Waals surface area contributed by atoms with E-state index in [1.165, 1.54) is 23.4 Å². The first-order valence-corrected chi connectivity index (χ1v) is 8.85. The third-order valence-corrected chi connectivity index (χ3v) is 5.30. The summed E-state index contributed by atoms with van der Waals surface area (Å²) in [6.07, 6.45) is 2.22. The summed E-state index contributed by atoms with van der Waals surface area (Å²) in [7, 11) is 1.36. The minimum absolute atomic E-state index is 0.177. The highest BCUT2D eigenvalue weighted by Crippen LogP contribution is 2.28. The molecule has 6 nitrogen and oxygen atoms in total. The molecule has 0 aliphatic rings. The molecule has 3 aromatic rings. The van der Waals surface area contributed by atoms with Gasteiger partial charge in [-0.3, -0.25) is 14.2 Å². The highest BCUT2D eigenvalue weighted by molar-refractivity contribution is 8.00. The predicted octanol–water partition coefficient (Wildman–Crippen LogP) is 3.11. The third kappa shape index (κ3) is 3.07. The molecule has 0 aliphatic carbocycles. The van der Waals surface area contributed by atoms with Crippen LogP contribution in [0.15, 0.2) is 46.9 Å². The van der Waals surface area contributed by atoms with Crippen molar-refractivity contribution in [3.63, 3.8) is 0 Å². The van der Waals surface area contributed by atoms with Crippen molar-refractivity contribution in [2.24, 2.45) is 0 Å². The van der Waals surface area contributed by atoms with Crippen molar-refractivity contribution in [1.82, 2.24) is 14.5 Å². The molecule has 25 heavy (non-hydrogen) atoms. The SMILES string of the molecule is C=CCn1c(S[C@H](CC)C(=O)OC)nc2c([nH]c3ccccc32)c1=O. The Hall–Kier alpha value is -2.54. The number of esters is 1. The average molecular weight is 357 g/mol. The number of hydrogen-bond acceptors (Lipinski definition) is 5. The molecule has 0 amide bonds. The molecule has 2 aromatic heterocycles. The minimum atomic E-state index is -0.421. The van der Waals surface area contributed by atoms with Gasteiger partial charge in [0.2, 0.25) is 0 Å². The number of aromatic amines is 1. The van der Waals surface area contributed by atoms with Crippen LogP contribution in [0, 0.1) is 0 Å². The van der Waals surface area contributed by atoms with Crippen LogP contribution in [0.3, 0.4) is 0 Å². The molecule has 130 valence electrons. The van der Waals surface area contributed by atoms with Gasteiger partial charge in [-0.2, -0.15) is 0 Å². The summed E-state index contributed by atoms with van der Waals surface area (Å²) in [5.41, 5.74) is 1.75. The Morgan fingerprint density at radius 1 is 1.48 bits per heavy atom. The molecule has 3 rings (SSSR count). The van der Waals surface area contributed by atoms with Gasteiger partial charge in [0, 0.05) is 17.4 Å². The second-order valence-electron chi connectivity index (χ2n) is 5.53. The smallest absolute Gasteiger partial charge is 0.319 e. The Balaban J connectivity index is 2.23. The molecule has 1 atom stereocenters. The number of ether oxygens (including phenoxy) is 1. The molecule has 1 N–H and O–H groups in total. The predicted molar refractivity (Wildman–Crippen MR) is 100 cm³/mol. The number of nitrogens with one attached hydrogen (secondary N) is 1. The first kappa shape index (κ1) is 17.3. The monoisotopic (exact) mass is 357 g/mol. The number of carbonyl (C=O) groups excluding carboxylic acids is 1. The topological polar surface area (TPSA) is 77.0 Å². The van der Waals surface area contributed by atoms with Gasteiger partial charge in [0.15, 0.2) is 5.16 Å². The van der Waals surface area contributed by atoms with Crippen LogP contribution in [-0.4, -0.2) is 32.9 Å². The number of H-pyrrole nitrogens is 1. The fourth-order valence-electron chi connectivity index (χ4n) is 2.71. The van der Waals surface area contributed by atoms with Crippen LogP contribution in [-0.2, 0) is 16.1 Å². The minimum Gasteiger partial charge on any atom is -0.468 e. The van der Waals surface area contributed by atoms with E-state index in [2.05, 4.69) is 16.5 Å². The molecule has 0 unspecified atom stereocenters. The number of hydrogen-bond donors (Lipinski definition) is 1. The van der Waals surface area contributed by atoms with Crippen molar-refractivity contribution in [3.05, 3.63) is 47.3 Å². The number of methoxy groups -OCH3 is 1. The number of benzene rings is 1. The van der Waals surface area contributed by atoms with E-state index in [-0.39, 0.29) is 11.5 Å². The quantitative estimate of drug-likeness (QED) is 0.317. The first-order chi connectivity index (χ1) is 12.1. The van der Waals surface area contributed by atoms with E-state index in [1.807, 2.05) is 31.2 Å². The lowest BCUT2D eigenvalue weighted by Gasteiger charge is -2.15. The fraction of sp³-hybridized carbons (Fsp3) is 0.278. The van der Waals surface area contributed by atoms with Crippen molar-refractivity contribution >= 4 is 39.7 Å². The van der Waals surface area contributed by atoms with E-state index < -0.39 is 5.25 Å². The number of rotatable bonds is 6. The van der Waals surface area contributed by atoms with Gasteiger partial charge in [-0.15, -0.1) is 6.58 Å². The summed E-state index contributed by atoms with van der Waals surface area (Å²) < 4.78 is 6.38. The normalized spacial score (nSPS) is 12.4. The molecule has 0 radical (unpaired) electrons. The lowest BCUT2D eigenvalue weighted by Crippen LogP contribution is -2.25. The summed E-state index contributed by atoms with van der Waals surface area (Å²) in [6.45, 7) is 5.93. The highest BCUT2D eigenvalue weighted by atomic mass is 32.2. The molecule has 0 bridgehead atoms. The zero-order valence-electron chi connectivity index (χ0n) is 14.1. The van der Waals surface area contributed by atoms with Gasteiger partial charge in [-0.05, 0) is 12.5 Å². The third-order valence-electron chi connectivity index (χ3n) is 3.97. The van der Waals surface area contributed by atoms with E-state index in [0.717, 1.165) is 10.9 Å². The van der Waals surface area contributed by atoms with Crippen LogP contribution in [0.5, 0.6) is 0 Å². The molecule has 0 spiro atoms. The molecule has 0 saturated carbocycles. The summed E-state index contributed by atoms with van der Waals surface area (Å²) in [5, 5.41) is 0.948. The zero-order chi connectivity index (χ0) is 18.0. The second kappa shape index (κ2) is 7.14. The van der Waals surface area contributed by atoms with Gasteiger partial charge in [0.05, 0.1) is 7.11 Å². The van der Waals surface area contributed by atoms with Crippen molar-refractivity contribution in [1.29, 1.82) is 0 Å². The van der Waals surface area contributed by atoms with Gasteiger partial charge >= 0.3 is 5.97 Å². The number of thioether (sulfide) groups is 1. The van der Waals surface area contributed by atoms with Gasteiger partial charge in [0.1, 0.15) is 16.3 Å². The van der Waals surface area contributed by atoms with E-state index in [9.17, 15) is 9.59 Å². The zero-order valence-corrected chi connectivity index (χ0v) is 14.9. The second-order valence-corrected chi connectivity index (χ2v) is 6.70. The summed E-state index contributed by atoms with van der Waals surface area (Å²) in [5.74, 6) is -0.328. The van der Waals surface area contributed by atoms with Crippen LogP contribution < -0.4 is 5.56 Å². The fourth-order valence-corrected chi connectivity index (χ4v) is 3.76. The molecule has 2 heterocycles. The van der Waals surface area contributed by atoms with Crippen molar-refractivity contribution in [2.75, 3.05) is 7.11 Å². The summed E-state index contributed by atoms with van der Waals surface area (Å²) >= 11 is 1.24. The Labute approximate surface area is 148 Å². The standard InChI is InChI=1S/C18H19N3O3S/c1-4-10-21-16(22)15-14(11-8-6-7-9-12(11)19-15)20-18(21)25-13(5-2)17(23)24-3/h4,6-9,13,19H,1,5,10H2,2-3H3/t13-/m1/s1. The molecule has 1 aromatic carbocycles. The Kier molecular flexibility index (Phi) is 4.94.